The van der Waals surface area contributed by atoms with Crippen LogP contribution in [0.2, 0.25) is 5.02 Å². The van der Waals surface area contributed by atoms with Crippen LogP contribution in [0.25, 0.3) is 0 Å². The fourth-order valence-corrected chi connectivity index (χ4v) is 1.77. The van der Waals surface area contributed by atoms with E-state index in [1.54, 1.807) is 0 Å². The Morgan fingerprint density at radius 3 is 2.88 bits per heavy atom. The number of hydrogen-bond acceptors (Lipinski definition) is 3. The summed E-state index contributed by atoms with van der Waals surface area (Å²) in [5.74, 6) is 0. The minimum atomic E-state index is -0.251. The summed E-state index contributed by atoms with van der Waals surface area (Å²) < 4.78 is 0. The lowest BCUT2D eigenvalue weighted by molar-refractivity contribution is 0.214. The summed E-state index contributed by atoms with van der Waals surface area (Å²) in [5, 5.41) is 6.70. The second kappa shape index (κ2) is 4.81. The largest absolute Gasteiger partial charge is 0.364 e. The highest BCUT2D eigenvalue weighted by molar-refractivity contribution is 6.31. The van der Waals surface area contributed by atoms with E-state index >= 15 is 0 Å². The van der Waals surface area contributed by atoms with Gasteiger partial charge in [0, 0.05) is 10.7 Å². The van der Waals surface area contributed by atoms with Crippen molar-refractivity contribution in [1.82, 2.24) is 16.2 Å². The van der Waals surface area contributed by atoms with E-state index < -0.39 is 0 Å². The molecule has 5 nitrogen and oxygen atoms in total. The molecule has 2 amide bonds. The number of hydrazine groups is 1. The zero-order valence-electron chi connectivity index (χ0n) is 9.67. The molecule has 1 aromatic rings. The molecule has 2 atom stereocenters. The maximum absolute atomic E-state index is 11.2. The first-order valence-corrected chi connectivity index (χ1v) is 5.79. The fraction of sp³-hybridized carbons (Fsp3) is 0.364. The van der Waals surface area contributed by atoms with Crippen molar-refractivity contribution in [3.8, 4) is 0 Å². The summed E-state index contributed by atoms with van der Waals surface area (Å²) in [7, 11) is 0. The number of carbonyl (C=O) groups is 1. The van der Waals surface area contributed by atoms with Crippen molar-refractivity contribution in [3.05, 3.63) is 28.8 Å². The average molecular weight is 255 g/mol. The number of urea groups is 1. The zero-order valence-corrected chi connectivity index (χ0v) is 10.4. The van der Waals surface area contributed by atoms with Gasteiger partial charge in [0.2, 0.25) is 0 Å². The van der Waals surface area contributed by atoms with Crippen LogP contribution >= 0.6 is 11.6 Å². The molecule has 1 aliphatic heterocycles. The predicted molar refractivity (Wildman–Crippen MR) is 67.9 cm³/mol. The van der Waals surface area contributed by atoms with Gasteiger partial charge in [-0.15, -0.1) is 0 Å². The summed E-state index contributed by atoms with van der Waals surface area (Å²) in [5.41, 5.74) is 7.27. The van der Waals surface area contributed by atoms with Gasteiger partial charge in [-0.1, -0.05) is 17.7 Å². The molecular weight excluding hydrogens is 240 g/mol. The number of rotatable bonds is 2. The molecule has 92 valence electrons. The number of carbonyl (C=O) groups excluding carboxylic acids is 1. The van der Waals surface area contributed by atoms with Crippen LogP contribution in [0, 0.1) is 6.92 Å². The molecule has 1 fully saturated rings. The van der Waals surface area contributed by atoms with E-state index in [9.17, 15) is 4.79 Å². The highest BCUT2D eigenvalue weighted by Gasteiger charge is 2.24. The Morgan fingerprint density at radius 2 is 2.18 bits per heavy atom. The smallest absolute Gasteiger partial charge is 0.330 e. The van der Waals surface area contributed by atoms with Crippen molar-refractivity contribution in [2.45, 2.75) is 26.1 Å². The van der Waals surface area contributed by atoms with Gasteiger partial charge in [0.1, 0.15) is 6.17 Å². The molecular formula is C11H15ClN4O. The van der Waals surface area contributed by atoms with Gasteiger partial charge in [-0.05, 0) is 31.5 Å². The molecule has 2 rings (SSSR count). The van der Waals surface area contributed by atoms with E-state index in [4.69, 9.17) is 11.6 Å². The summed E-state index contributed by atoms with van der Waals surface area (Å²) in [6.45, 7) is 3.91. The standard InChI is InChI=1S/C11H15ClN4O/c1-6-3-4-8(5-9(6)12)13-10-7(2)15-16-11(17)14-10/h3-5,7,10,13,15H,1-2H3,(H2,14,16,17). The van der Waals surface area contributed by atoms with Gasteiger partial charge in [0.15, 0.2) is 0 Å². The molecule has 0 bridgehead atoms. The molecule has 1 aliphatic rings. The Hall–Kier alpha value is -1.46. The Morgan fingerprint density at radius 1 is 1.41 bits per heavy atom. The van der Waals surface area contributed by atoms with Crippen LogP contribution in [0.1, 0.15) is 12.5 Å². The van der Waals surface area contributed by atoms with Crippen LogP contribution in [0.15, 0.2) is 18.2 Å². The molecule has 0 aliphatic carbocycles. The van der Waals surface area contributed by atoms with Gasteiger partial charge in [-0.2, -0.15) is 0 Å². The minimum Gasteiger partial charge on any atom is -0.364 e. The van der Waals surface area contributed by atoms with Gasteiger partial charge in [-0.3, -0.25) is 5.43 Å². The predicted octanol–water partition coefficient (Wildman–Crippen LogP) is 1.59. The first-order valence-electron chi connectivity index (χ1n) is 5.41. The van der Waals surface area contributed by atoms with Gasteiger partial charge >= 0.3 is 6.03 Å². The zero-order chi connectivity index (χ0) is 12.4. The first kappa shape index (κ1) is 12.0. The topological polar surface area (TPSA) is 65.2 Å². The molecule has 1 saturated heterocycles. The van der Waals surface area contributed by atoms with Gasteiger partial charge < -0.3 is 10.6 Å². The quantitative estimate of drug-likeness (QED) is 0.648. The average Bonchev–Trinajstić information content (AvgIpc) is 2.29. The lowest BCUT2D eigenvalue weighted by atomic mass is 10.2. The second-order valence-electron chi connectivity index (χ2n) is 4.12. The molecule has 0 aromatic heterocycles. The number of nitrogens with one attached hydrogen (secondary N) is 4. The highest BCUT2D eigenvalue weighted by atomic mass is 35.5. The molecule has 0 saturated carbocycles. The third-order valence-electron chi connectivity index (χ3n) is 2.69. The third kappa shape index (κ3) is 2.81. The number of aryl methyl sites for hydroxylation is 1. The molecule has 0 spiro atoms. The van der Waals surface area contributed by atoms with Crippen LogP contribution in [0.4, 0.5) is 10.5 Å². The molecule has 1 heterocycles. The molecule has 6 heteroatoms. The Kier molecular flexibility index (Phi) is 3.40. The monoisotopic (exact) mass is 254 g/mol. The number of halogens is 1. The third-order valence-corrected chi connectivity index (χ3v) is 3.10. The number of amides is 2. The van der Waals surface area contributed by atoms with Gasteiger partial charge in [-0.25, -0.2) is 10.2 Å². The highest BCUT2D eigenvalue weighted by Crippen LogP contribution is 2.20. The van der Waals surface area contributed by atoms with Crippen molar-refractivity contribution in [3.63, 3.8) is 0 Å². The van der Waals surface area contributed by atoms with E-state index in [0.29, 0.717) is 5.02 Å². The Balaban J connectivity index is 2.08. The van der Waals surface area contributed by atoms with E-state index in [2.05, 4.69) is 21.5 Å². The minimum absolute atomic E-state index is 0.0628. The molecule has 1 aromatic carbocycles. The lowest BCUT2D eigenvalue weighted by Gasteiger charge is -2.32. The fourth-order valence-electron chi connectivity index (χ4n) is 1.59. The van der Waals surface area contributed by atoms with E-state index in [1.165, 1.54) is 0 Å². The molecule has 4 N–H and O–H groups in total. The Labute approximate surface area is 105 Å². The van der Waals surface area contributed by atoms with Crippen LogP contribution in [-0.2, 0) is 0 Å². The summed E-state index contributed by atoms with van der Waals surface area (Å²) in [6, 6.07) is 5.53. The van der Waals surface area contributed by atoms with Crippen LogP contribution in [-0.4, -0.2) is 18.2 Å². The molecule has 2 unspecified atom stereocenters. The number of benzene rings is 1. The summed E-state index contributed by atoms with van der Waals surface area (Å²) in [6.07, 6.45) is -0.178. The first-order chi connectivity index (χ1) is 8.06. The lowest BCUT2D eigenvalue weighted by Crippen LogP contribution is -2.65. The van der Waals surface area contributed by atoms with E-state index in [-0.39, 0.29) is 18.2 Å². The second-order valence-corrected chi connectivity index (χ2v) is 4.52. The number of anilines is 1. The van der Waals surface area contributed by atoms with Crippen LogP contribution < -0.4 is 21.5 Å². The van der Waals surface area contributed by atoms with Crippen molar-refractivity contribution in [1.29, 1.82) is 0 Å². The molecule has 17 heavy (non-hydrogen) atoms. The van der Waals surface area contributed by atoms with Crippen molar-refractivity contribution in [2.75, 3.05) is 5.32 Å². The van der Waals surface area contributed by atoms with E-state index in [1.807, 2.05) is 32.0 Å². The normalized spacial score (nSPS) is 23.8. The number of hydrogen-bond donors (Lipinski definition) is 4. The van der Waals surface area contributed by atoms with Crippen LogP contribution in [0.3, 0.4) is 0 Å². The van der Waals surface area contributed by atoms with E-state index in [0.717, 1.165) is 11.3 Å². The molecule has 0 radical (unpaired) electrons. The maximum Gasteiger partial charge on any atom is 0.330 e. The van der Waals surface area contributed by atoms with Gasteiger partial charge in [0.05, 0.1) is 6.04 Å². The van der Waals surface area contributed by atoms with Crippen molar-refractivity contribution < 1.29 is 4.79 Å². The SMILES string of the molecule is Cc1ccc(NC2NC(=O)NNC2C)cc1Cl. The summed E-state index contributed by atoms with van der Waals surface area (Å²) in [4.78, 5) is 11.2. The van der Waals surface area contributed by atoms with Crippen LogP contribution in [0.5, 0.6) is 0 Å². The Bertz CT molecular complexity index is 437. The van der Waals surface area contributed by atoms with Gasteiger partial charge in [0.25, 0.3) is 0 Å². The summed E-state index contributed by atoms with van der Waals surface area (Å²) >= 11 is 6.04. The van der Waals surface area contributed by atoms with Crippen molar-refractivity contribution in [2.24, 2.45) is 0 Å². The maximum atomic E-state index is 11.2. The van der Waals surface area contributed by atoms with Crippen molar-refractivity contribution >= 4 is 23.3 Å².